The van der Waals surface area contributed by atoms with E-state index in [1.807, 2.05) is 0 Å². The monoisotopic (exact) mass is 240 g/mol. The van der Waals surface area contributed by atoms with Crippen LogP contribution in [0, 0.1) is 0 Å². The maximum atomic E-state index is 10.00. The lowest BCUT2D eigenvalue weighted by Crippen LogP contribution is -2.06. The minimum atomic E-state index is -0.630. The van der Waals surface area contributed by atoms with Crippen molar-refractivity contribution in [3.05, 3.63) is 11.9 Å². The van der Waals surface area contributed by atoms with Crippen molar-refractivity contribution in [3.8, 4) is 11.8 Å². The number of unbranched alkanes of at least 4 members (excludes halogenated alkanes) is 2. The van der Waals surface area contributed by atoms with Gasteiger partial charge in [0.15, 0.2) is 0 Å². The van der Waals surface area contributed by atoms with Gasteiger partial charge in [0.25, 0.3) is 0 Å². The number of nitrogens with zero attached hydrogens (tertiary/aromatic N) is 2. The van der Waals surface area contributed by atoms with Gasteiger partial charge in [0.05, 0.1) is 20.4 Å². The maximum Gasteiger partial charge on any atom is 0.241 e. The molecule has 1 unspecified atom stereocenters. The first-order valence-corrected chi connectivity index (χ1v) is 5.85. The van der Waals surface area contributed by atoms with E-state index >= 15 is 0 Å². The molecule has 0 aromatic carbocycles. The second-order valence-electron chi connectivity index (χ2n) is 3.82. The zero-order chi connectivity index (χ0) is 12.7. The van der Waals surface area contributed by atoms with Gasteiger partial charge in [0.1, 0.15) is 11.8 Å². The summed E-state index contributed by atoms with van der Waals surface area (Å²) in [6.07, 6.45) is 4.72. The number of rotatable bonds is 7. The van der Waals surface area contributed by atoms with Crippen LogP contribution in [0.5, 0.6) is 11.8 Å². The Morgan fingerprint density at radius 1 is 1.29 bits per heavy atom. The van der Waals surface area contributed by atoms with Gasteiger partial charge in [-0.25, -0.2) is 4.98 Å². The lowest BCUT2D eigenvalue weighted by Gasteiger charge is -2.13. The van der Waals surface area contributed by atoms with Gasteiger partial charge in [-0.2, -0.15) is 4.98 Å². The molecule has 0 aliphatic carbocycles. The molecular formula is C12H20N2O3. The van der Waals surface area contributed by atoms with Gasteiger partial charge < -0.3 is 14.6 Å². The number of methoxy groups -OCH3 is 2. The molecule has 1 aromatic heterocycles. The van der Waals surface area contributed by atoms with Crippen molar-refractivity contribution in [2.45, 2.75) is 38.7 Å². The van der Waals surface area contributed by atoms with E-state index in [1.165, 1.54) is 20.4 Å². The van der Waals surface area contributed by atoms with Crippen molar-refractivity contribution >= 4 is 0 Å². The van der Waals surface area contributed by atoms with Gasteiger partial charge in [-0.1, -0.05) is 26.2 Å². The zero-order valence-corrected chi connectivity index (χ0v) is 10.6. The van der Waals surface area contributed by atoms with Gasteiger partial charge in [-0.05, 0) is 6.42 Å². The number of ether oxygens (including phenoxy) is 2. The van der Waals surface area contributed by atoms with Crippen LogP contribution >= 0.6 is 0 Å². The Morgan fingerprint density at radius 2 is 2.06 bits per heavy atom. The predicted molar refractivity (Wildman–Crippen MR) is 64.2 cm³/mol. The average Bonchev–Trinajstić information content (AvgIpc) is 2.38. The fourth-order valence-corrected chi connectivity index (χ4v) is 1.57. The Kier molecular flexibility index (Phi) is 5.69. The van der Waals surface area contributed by atoms with E-state index in [1.54, 1.807) is 0 Å². The van der Waals surface area contributed by atoms with Crippen molar-refractivity contribution in [2.75, 3.05) is 14.2 Å². The van der Waals surface area contributed by atoms with Crippen LogP contribution in [0.15, 0.2) is 6.20 Å². The van der Waals surface area contributed by atoms with E-state index in [-0.39, 0.29) is 0 Å². The summed E-state index contributed by atoms with van der Waals surface area (Å²) in [4.78, 5) is 8.23. The van der Waals surface area contributed by atoms with Crippen LogP contribution < -0.4 is 9.47 Å². The molecule has 0 aliphatic heterocycles. The van der Waals surface area contributed by atoms with E-state index in [9.17, 15) is 5.11 Å². The fraction of sp³-hybridized carbons (Fsp3) is 0.667. The van der Waals surface area contributed by atoms with Crippen LogP contribution in [-0.4, -0.2) is 29.3 Å². The third kappa shape index (κ3) is 3.85. The molecule has 0 aliphatic rings. The first-order valence-electron chi connectivity index (χ1n) is 5.85. The molecule has 0 fully saturated rings. The summed E-state index contributed by atoms with van der Waals surface area (Å²) >= 11 is 0. The molecule has 1 aromatic rings. The molecule has 5 heteroatoms. The second kappa shape index (κ2) is 7.06. The smallest absolute Gasteiger partial charge is 0.241 e. The summed E-state index contributed by atoms with van der Waals surface area (Å²) in [6, 6.07) is 0. The molecular weight excluding hydrogens is 220 g/mol. The lowest BCUT2D eigenvalue weighted by atomic mass is 10.1. The van der Waals surface area contributed by atoms with Gasteiger partial charge in [-0.15, -0.1) is 0 Å². The van der Waals surface area contributed by atoms with E-state index < -0.39 is 6.10 Å². The summed E-state index contributed by atoms with van der Waals surface area (Å²) in [5.74, 6) is 0.708. The molecule has 1 N–H and O–H groups in total. The first kappa shape index (κ1) is 13.7. The fourth-order valence-electron chi connectivity index (χ4n) is 1.57. The Bertz CT molecular complexity index is 345. The van der Waals surface area contributed by atoms with Crippen LogP contribution in [0.3, 0.4) is 0 Å². The molecule has 96 valence electrons. The molecule has 0 amide bonds. The highest BCUT2D eigenvalue weighted by atomic mass is 16.5. The molecule has 0 saturated heterocycles. The predicted octanol–water partition coefficient (Wildman–Crippen LogP) is 2.11. The molecule has 0 spiro atoms. The summed E-state index contributed by atoms with van der Waals surface area (Å²) < 4.78 is 10.1. The molecule has 17 heavy (non-hydrogen) atoms. The normalized spacial score (nSPS) is 12.2. The molecule has 0 bridgehead atoms. The van der Waals surface area contributed by atoms with E-state index in [4.69, 9.17) is 9.47 Å². The van der Waals surface area contributed by atoms with Crippen molar-refractivity contribution in [3.63, 3.8) is 0 Å². The van der Waals surface area contributed by atoms with Gasteiger partial charge >= 0.3 is 0 Å². The first-order chi connectivity index (χ1) is 8.22. The summed E-state index contributed by atoms with van der Waals surface area (Å²) in [7, 11) is 3.02. The van der Waals surface area contributed by atoms with Crippen LogP contribution in [0.4, 0.5) is 0 Å². The van der Waals surface area contributed by atoms with E-state index in [0.29, 0.717) is 23.9 Å². The summed E-state index contributed by atoms with van der Waals surface area (Å²) in [6.45, 7) is 2.13. The highest BCUT2D eigenvalue weighted by Crippen LogP contribution is 2.26. The summed E-state index contributed by atoms with van der Waals surface area (Å²) in [5, 5.41) is 10.00. The van der Waals surface area contributed by atoms with Crippen molar-refractivity contribution in [1.82, 2.24) is 9.97 Å². The van der Waals surface area contributed by atoms with Gasteiger partial charge in [0, 0.05) is 0 Å². The average molecular weight is 240 g/mol. The van der Waals surface area contributed by atoms with E-state index in [2.05, 4.69) is 16.9 Å². The Balaban J connectivity index is 2.74. The van der Waals surface area contributed by atoms with Crippen LogP contribution in [0.25, 0.3) is 0 Å². The Morgan fingerprint density at radius 3 is 2.65 bits per heavy atom. The van der Waals surface area contributed by atoms with E-state index in [0.717, 1.165) is 19.3 Å². The maximum absolute atomic E-state index is 10.00. The molecule has 5 nitrogen and oxygen atoms in total. The largest absolute Gasteiger partial charge is 0.480 e. The molecule has 0 radical (unpaired) electrons. The van der Waals surface area contributed by atoms with Crippen LogP contribution in [0.2, 0.25) is 0 Å². The molecule has 1 atom stereocenters. The highest BCUT2D eigenvalue weighted by Gasteiger charge is 2.16. The molecule has 1 rings (SSSR count). The molecule has 0 saturated carbocycles. The number of hydrogen-bond acceptors (Lipinski definition) is 5. The number of hydrogen-bond donors (Lipinski definition) is 1. The van der Waals surface area contributed by atoms with Gasteiger partial charge in [0.2, 0.25) is 11.8 Å². The third-order valence-corrected chi connectivity index (χ3v) is 2.54. The Hall–Kier alpha value is -1.36. The van der Waals surface area contributed by atoms with Crippen molar-refractivity contribution < 1.29 is 14.6 Å². The van der Waals surface area contributed by atoms with Crippen molar-refractivity contribution in [1.29, 1.82) is 0 Å². The quantitative estimate of drug-likeness (QED) is 0.739. The number of aromatic nitrogens is 2. The van der Waals surface area contributed by atoms with Crippen LogP contribution in [-0.2, 0) is 0 Å². The highest BCUT2D eigenvalue weighted by molar-refractivity contribution is 5.24. The second-order valence-corrected chi connectivity index (χ2v) is 3.82. The number of aliphatic hydroxyl groups excluding tert-OH is 1. The minimum absolute atomic E-state index is 0.327. The molecule has 1 heterocycles. The SMILES string of the molecule is CCCCCC(O)c1ncc(OC)nc1OC. The van der Waals surface area contributed by atoms with Crippen LogP contribution in [0.1, 0.15) is 44.4 Å². The third-order valence-electron chi connectivity index (χ3n) is 2.54. The van der Waals surface area contributed by atoms with Gasteiger partial charge in [-0.3, -0.25) is 0 Å². The zero-order valence-electron chi connectivity index (χ0n) is 10.6. The Labute approximate surface area is 102 Å². The topological polar surface area (TPSA) is 64.5 Å². The minimum Gasteiger partial charge on any atom is -0.480 e. The summed E-state index contributed by atoms with van der Waals surface area (Å²) in [5.41, 5.74) is 0.476. The van der Waals surface area contributed by atoms with Crippen molar-refractivity contribution in [2.24, 2.45) is 0 Å². The standard InChI is InChI=1S/C12H20N2O3/c1-4-5-6-7-9(15)11-12(17-3)14-10(16-2)8-13-11/h8-9,15H,4-7H2,1-3H3. The lowest BCUT2D eigenvalue weighted by molar-refractivity contribution is 0.153. The number of aliphatic hydroxyl groups is 1.